The minimum Gasteiger partial charge on any atom is -0.336 e. The van der Waals surface area contributed by atoms with E-state index in [1.54, 1.807) is 24.3 Å². The number of urea groups is 1. The number of amides is 2. The van der Waals surface area contributed by atoms with E-state index >= 15 is 0 Å². The second-order valence-corrected chi connectivity index (χ2v) is 9.82. The Kier molecular flexibility index (Phi) is 10.3. The van der Waals surface area contributed by atoms with Crippen molar-refractivity contribution in [3.8, 4) is 0 Å². The molecule has 182 valence electrons. The maximum atomic E-state index is 12.7. The molecule has 7 nitrogen and oxygen atoms in total. The third-order valence-corrected chi connectivity index (χ3v) is 8.03. The highest BCUT2D eigenvalue weighted by Crippen LogP contribution is 2.21. The number of carbonyl (C=O) groups is 1. The Labute approximate surface area is 199 Å². The van der Waals surface area contributed by atoms with Crippen LogP contribution in [0, 0.1) is 0 Å². The average molecular weight is 475 g/mol. The van der Waals surface area contributed by atoms with Gasteiger partial charge in [-0.3, -0.25) is 4.90 Å². The lowest BCUT2D eigenvalue weighted by molar-refractivity contribution is 0.205. The predicted molar refractivity (Wildman–Crippen MR) is 134 cm³/mol. The maximum Gasteiger partial charge on any atom is 0.315 e. The number of likely N-dealkylation sites (N-methyl/N-ethyl adjacent to an activating group) is 1. The fourth-order valence-corrected chi connectivity index (χ4v) is 5.42. The van der Waals surface area contributed by atoms with Crippen LogP contribution < -0.4 is 10.6 Å². The van der Waals surface area contributed by atoms with Crippen molar-refractivity contribution in [3.63, 3.8) is 0 Å². The monoisotopic (exact) mass is 474 g/mol. The average Bonchev–Trinajstić information content (AvgIpc) is 2.83. The number of rotatable bonds is 12. The quantitative estimate of drug-likeness (QED) is 0.484. The molecule has 2 amide bonds. The van der Waals surface area contributed by atoms with Crippen LogP contribution in [0.3, 0.4) is 0 Å². The van der Waals surface area contributed by atoms with Gasteiger partial charge in [-0.1, -0.05) is 70.2 Å². The SMILES string of the molecule is CCN(CC)C(CNC(=O)NC(C)c1ccc(S(=O)(=O)N(CC)CC)cc1)c1ccccc1. The molecule has 8 heteroatoms. The summed E-state index contributed by atoms with van der Waals surface area (Å²) >= 11 is 0. The van der Waals surface area contributed by atoms with Crippen molar-refractivity contribution >= 4 is 16.1 Å². The van der Waals surface area contributed by atoms with Crippen LogP contribution in [0.15, 0.2) is 59.5 Å². The Morgan fingerprint density at radius 1 is 0.848 bits per heavy atom. The van der Waals surface area contributed by atoms with Crippen LogP contribution in [0.2, 0.25) is 0 Å². The predicted octanol–water partition coefficient (Wildman–Crippen LogP) is 4.16. The summed E-state index contributed by atoms with van der Waals surface area (Å²) < 4.78 is 26.8. The fraction of sp³-hybridized carbons (Fsp3) is 0.480. The number of benzene rings is 2. The second-order valence-electron chi connectivity index (χ2n) is 7.88. The molecule has 0 aliphatic heterocycles. The van der Waals surface area contributed by atoms with Gasteiger partial charge in [-0.25, -0.2) is 13.2 Å². The first-order valence-electron chi connectivity index (χ1n) is 11.7. The minimum atomic E-state index is -3.50. The molecule has 0 heterocycles. The van der Waals surface area contributed by atoms with Crippen molar-refractivity contribution in [2.75, 3.05) is 32.7 Å². The number of carbonyl (C=O) groups excluding carboxylic acids is 1. The third-order valence-electron chi connectivity index (χ3n) is 5.96. The molecule has 33 heavy (non-hydrogen) atoms. The van der Waals surface area contributed by atoms with E-state index in [0.29, 0.717) is 19.6 Å². The largest absolute Gasteiger partial charge is 0.336 e. The summed E-state index contributed by atoms with van der Waals surface area (Å²) in [4.78, 5) is 15.2. The highest BCUT2D eigenvalue weighted by Gasteiger charge is 2.22. The Bertz CT molecular complexity index is 957. The standard InChI is InChI=1S/C25H38N4O3S/c1-6-28(7-2)24(22-13-11-10-12-14-22)19-26-25(30)27-20(5)21-15-17-23(18-16-21)33(31,32)29(8-3)9-4/h10-18,20,24H,6-9,19H2,1-5H3,(H2,26,27,30). The van der Waals surface area contributed by atoms with Gasteiger partial charge in [0.15, 0.2) is 0 Å². The molecule has 2 aromatic rings. The van der Waals surface area contributed by atoms with Crippen LogP contribution in [0.4, 0.5) is 4.79 Å². The molecular formula is C25H38N4O3S. The van der Waals surface area contributed by atoms with Crippen LogP contribution in [-0.2, 0) is 10.0 Å². The van der Waals surface area contributed by atoms with E-state index in [0.717, 1.165) is 18.7 Å². The van der Waals surface area contributed by atoms with Gasteiger partial charge in [0.2, 0.25) is 10.0 Å². The fourth-order valence-electron chi connectivity index (χ4n) is 3.96. The summed E-state index contributed by atoms with van der Waals surface area (Å²) in [5.41, 5.74) is 2.01. The van der Waals surface area contributed by atoms with Gasteiger partial charge in [-0.15, -0.1) is 0 Å². The Balaban J connectivity index is 2.02. The molecular weight excluding hydrogens is 436 g/mol. The smallest absolute Gasteiger partial charge is 0.315 e. The number of sulfonamides is 1. The molecule has 0 aliphatic carbocycles. The molecule has 2 N–H and O–H groups in total. The van der Waals surface area contributed by atoms with Crippen LogP contribution >= 0.6 is 0 Å². The highest BCUT2D eigenvalue weighted by atomic mass is 32.2. The van der Waals surface area contributed by atoms with Crippen molar-refractivity contribution in [2.45, 2.75) is 51.6 Å². The molecule has 2 rings (SSSR count). The summed E-state index contributed by atoms with van der Waals surface area (Å²) in [5, 5.41) is 5.96. The van der Waals surface area contributed by atoms with Crippen molar-refractivity contribution in [2.24, 2.45) is 0 Å². The summed E-state index contributed by atoms with van der Waals surface area (Å²) in [6, 6.07) is 16.5. The Hall–Kier alpha value is -2.42. The minimum absolute atomic E-state index is 0.0897. The molecule has 0 saturated heterocycles. The van der Waals surface area contributed by atoms with Gasteiger partial charge in [0, 0.05) is 19.6 Å². The zero-order valence-corrected chi connectivity index (χ0v) is 21.2. The van der Waals surface area contributed by atoms with Crippen LogP contribution in [0.25, 0.3) is 0 Å². The van der Waals surface area contributed by atoms with Crippen LogP contribution in [0.1, 0.15) is 57.8 Å². The van der Waals surface area contributed by atoms with E-state index in [1.807, 2.05) is 39.0 Å². The molecule has 2 aromatic carbocycles. The van der Waals surface area contributed by atoms with E-state index in [1.165, 1.54) is 9.87 Å². The van der Waals surface area contributed by atoms with E-state index in [4.69, 9.17) is 0 Å². The lowest BCUT2D eigenvalue weighted by atomic mass is 10.1. The van der Waals surface area contributed by atoms with Crippen LogP contribution in [0.5, 0.6) is 0 Å². The number of hydrogen-bond donors (Lipinski definition) is 2. The van der Waals surface area contributed by atoms with Crippen LogP contribution in [-0.4, -0.2) is 56.4 Å². The van der Waals surface area contributed by atoms with Gasteiger partial charge in [0.25, 0.3) is 0 Å². The molecule has 0 aliphatic rings. The summed E-state index contributed by atoms with van der Waals surface area (Å²) in [6.07, 6.45) is 0. The molecule has 2 atom stereocenters. The third kappa shape index (κ3) is 7.03. The van der Waals surface area contributed by atoms with E-state index in [-0.39, 0.29) is 23.0 Å². The molecule has 0 fully saturated rings. The van der Waals surface area contributed by atoms with Gasteiger partial charge >= 0.3 is 6.03 Å². The summed E-state index contributed by atoms with van der Waals surface area (Å²) in [7, 11) is -3.50. The molecule has 0 radical (unpaired) electrons. The van der Waals surface area contributed by atoms with Gasteiger partial charge < -0.3 is 10.6 Å². The van der Waals surface area contributed by atoms with Crippen molar-refractivity contribution in [3.05, 3.63) is 65.7 Å². The summed E-state index contributed by atoms with van der Waals surface area (Å²) in [6.45, 7) is 12.9. The number of nitrogens with zero attached hydrogens (tertiary/aromatic N) is 2. The Morgan fingerprint density at radius 2 is 1.42 bits per heavy atom. The van der Waals surface area contributed by atoms with Gasteiger partial charge in [0.1, 0.15) is 0 Å². The zero-order valence-electron chi connectivity index (χ0n) is 20.4. The lowest BCUT2D eigenvalue weighted by Crippen LogP contribution is -2.42. The number of nitrogens with one attached hydrogen (secondary N) is 2. The van der Waals surface area contributed by atoms with E-state index in [2.05, 4.69) is 41.5 Å². The van der Waals surface area contributed by atoms with Crippen molar-refractivity contribution in [1.29, 1.82) is 0 Å². The molecule has 0 aromatic heterocycles. The normalized spacial score (nSPS) is 13.7. The zero-order chi connectivity index (χ0) is 24.4. The highest BCUT2D eigenvalue weighted by molar-refractivity contribution is 7.89. The topological polar surface area (TPSA) is 81.8 Å². The lowest BCUT2D eigenvalue weighted by Gasteiger charge is -2.30. The van der Waals surface area contributed by atoms with E-state index in [9.17, 15) is 13.2 Å². The van der Waals surface area contributed by atoms with Gasteiger partial charge in [-0.05, 0) is 43.3 Å². The van der Waals surface area contributed by atoms with Gasteiger partial charge in [-0.2, -0.15) is 4.31 Å². The molecule has 0 bridgehead atoms. The first-order chi connectivity index (χ1) is 15.8. The van der Waals surface area contributed by atoms with Crippen molar-refractivity contribution < 1.29 is 13.2 Å². The molecule has 2 unspecified atom stereocenters. The number of hydrogen-bond acceptors (Lipinski definition) is 4. The summed E-state index contributed by atoms with van der Waals surface area (Å²) in [5.74, 6) is 0. The first-order valence-corrected chi connectivity index (χ1v) is 13.2. The Morgan fingerprint density at radius 3 is 1.94 bits per heavy atom. The molecule has 0 saturated carbocycles. The van der Waals surface area contributed by atoms with E-state index < -0.39 is 10.0 Å². The van der Waals surface area contributed by atoms with Gasteiger partial charge in [0.05, 0.1) is 17.0 Å². The second kappa shape index (κ2) is 12.7. The first kappa shape index (κ1) is 26.8. The molecule has 0 spiro atoms. The van der Waals surface area contributed by atoms with Crippen molar-refractivity contribution in [1.82, 2.24) is 19.8 Å². The maximum absolute atomic E-state index is 12.7.